The first-order valence-corrected chi connectivity index (χ1v) is 8.03. The summed E-state index contributed by atoms with van der Waals surface area (Å²) in [5.74, 6) is 0.755. The molecule has 24 heavy (non-hydrogen) atoms. The van der Waals surface area contributed by atoms with Gasteiger partial charge in [0, 0.05) is 23.6 Å². The number of benzene rings is 2. The van der Waals surface area contributed by atoms with E-state index in [0.29, 0.717) is 12.1 Å². The fraction of sp³-hybridized carbons (Fsp3) is 0.150. The molecule has 1 atom stereocenters. The minimum Gasteiger partial charge on any atom is -0.487 e. The Hall–Kier alpha value is -3.01. The van der Waals surface area contributed by atoms with Crippen LogP contribution in [0.1, 0.15) is 17.3 Å². The maximum Gasteiger partial charge on any atom is 0.258 e. The monoisotopic (exact) mass is 318 g/mol. The number of ether oxygens (including phenoxy) is 1. The fourth-order valence-electron chi connectivity index (χ4n) is 3.02. The van der Waals surface area contributed by atoms with Crippen molar-refractivity contribution >= 4 is 11.6 Å². The Kier molecular flexibility index (Phi) is 3.58. The van der Waals surface area contributed by atoms with Gasteiger partial charge in [0.05, 0.1) is 12.2 Å². The highest BCUT2D eigenvalue weighted by molar-refractivity contribution is 6.07. The van der Waals surface area contributed by atoms with Crippen LogP contribution in [0.3, 0.4) is 0 Å². The van der Waals surface area contributed by atoms with Crippen molar-refractivity contribution in [1.29, 1.82) is 0 Å². The molecule has 0 radical (unpaired) electrons. The lowest BCUT2D eigenvalue weighted by Gasteiger charge is -2.33. The molecule has 1 aromatic heterocycles. The molecular weight excluding hydrogens is 300 g/mol. The second-order valence-electron chi connectivity index (χ2n) is 5.95. The number of nitrogens with zero attached hydrogens (tertiary/aromatic N) is 2. The van der Waals surface area contributed by atoms with E-state index in [1.54, 1.807) is 4.90 Å². The highest BCUT2D eigenvalue weighted by Gasteiger charge is 2.27. The highest BCUT2D eigenvalue weighted by Crippen LogP contribution is 2.33. The van der Waals surface area contributed by atoms with E-state index < -0.39 is 0 Å². The number of hydrogen-bond donors (Lipinski definition) is 0. The van der Waals surface area contributed by atoms with Gasteiger partial charge in [-0.15, -0.1) is 0 Å². The molecule has 2 aromatic carbocycles. The van der Waals surface area contributed by atoms with Gasteiger partial charge < -0.3 is 14.2 Å². The number of rotatable bonds is 2. The van der Waals surface area contributed by atoms with Crippen LogP contribution in [-0.2, 0) is 0 Å². The molecule has 1 aliphatic rings. The van der Waals surface area contributed by atoms with Gasteiger partial charge in [-0.05, 0) is 55.5 Å². The molecule has 3 aromatic rings. The molecule has 4 heteroatoms. The van der Waals surface area contributed by atoms with E-state index in [-0.39, 0.29) is 12.0 Å². The maximum absolute atomic E-state index is 13.0. The molecule has 0 N–H and O–H groups in total. The van der Waals surface area contributed by atoms with E-state index in [1.807, 2.05) is 84.5 Å². The van der Waals surface area contributed by atoms with Gasteiger partial charge in [0.1, 0.15) is 11.9 Å². The quantitative estimate of drug-likeness (QED) is 0.718. The molecule has 4 rings (SSSR count). The first-order chi connectivity index (χ1) is 11.7. The summed E-state index contributed by atoms with van der Waals surface area (Å²) in [7, 11) is 0. The largest absolute Gasteiger partial charge is 0.487 e. The number of amides is 1. The molecule has 0 fully saturated rings. The van der Waals surface area contributed by atoms with Gasteiger partial charge in [0.2, 0.25) is 0 Å². The first-order valence-electron chi connectivity index (χ1n) is 8.03. The normalized spacial score (nSPS) is 16.4. The van der Waals surface area contributed by atoms with Crippen molar-refractivity contribution in [1.82, 2.24) is 4.57 Å². The maximum atomic E-state index is 13.0. The van der Waals surface area contributed by atoms with Gasteiger partial charge in [-0.25, -0.2) is 0 Å². The van der Waals surface area contributed by atoms with Crippen LogP contribution in [0.2, 0.25) is 0 Å². The predicted octanol–water partition coefficient (Wildman–Crippen LogP) is 3.91. The van der Waals surface area contributed by atoms with E-state index in [0.717, 1.165) is 17.1 Å². The molecule has 120 valence electrons. The molecule has 0 aliphatic carbocycles. The van der Waals surface area contributed by atoms with Crippen LogP contribution < -0.4 is 9.64 Å². The van der Waals surface area contributed by atoms with Gasteiger partial charge in [-0.2, -0.15) is 0 Å². The van der Waals surface area contributed by atoms with Crippen LogP contribution in [0.4, 0.5) is 5.69 Å². The van der Waals surface area contributed by atoms with Gasteiger partial charge >= 0.3 is 0 Å². The molecule has 0 spiro atoms. The summed E-state index contributed by atoms with van der Waals surface area (Å²) in [6.07, 6.45) is 3.94. The van der Waals surface area contributed by atoms with Crippen LogP contribution in [-0.4, -0.2) is 23.1 Å². The number of carbonyl (C=O) groups excluding carboxylic acids is 1. The number of aromatic nitrogens is 1. The molecule has 1 unspecified atom stereocenters. The van der Waals surface area contributed by atoms with E-state index in [1.165, 1.54) is 0 Å². The molecule has 2 heterocycles. The Morgan fingerprint density at radius 3 is 2.46 bits per heavy atom. The van der Waals surface area contributed by atoms with Gasteiger partial charge in [-0.1, -0.05) is 12.1 Å². The van der Waals surface area contributed by atoms with Crippen LogP contribution in [0.15, 0.2) is 73.1 Å². The Bertz CT molecular complexity index is 854. The fourth-order valence-corrected chi connectivity index (χ4v) is 3.02. The second-order valence-corrected chi connectivity index (χ2v) is 5.95. The lowest BCUT2D eigenvalue weighted by atomic mass is 10.1. The van der Waals surface area contributed by atoms with E-state index in [9.17, 15) is 4.79 Å². The van der Waals surface area contributed by atoms with Crippen LogP contribution >= 0.6 is 0 Å². The van der Waals surface area contributed by atoms with E-state index in [2.05, 4.69) is 0 Å². The minimum absolute atomic E-state index is 0.00310. The molecular formula is C20H18N2O2. The topological polar surface area (TPSA) is 34.5 Å². The van der Waals surface area contributed by atoms with Crippen molar-refractivity contribution in [3.05, 3.63) is 78.6 Å². The summed E-state index contributed by atoms with van der Waals surface area (Å²) >= 11 is 0. The van der Waals surface area contributed by atoms with Gasteiger partial charge in [-0.3, -0.25) is 4.79 Å². The lowest BCUT2D eigenvalue weighted by molar-refractivity contribution is 0.0961. The van der Waals surface area contributed by atoms with Crippen molar-refractivity contribution in [3.63, 3.8) is 0 Å². The summed E-state index contributed by atoms with van der Waals surface area (Å²) in [5, 5.41) is 0. The van der Waals surface area contributed by atoms with E-state index >= 15 is 0 Å². The highest BCUT2D eigenvalue weighted by atomic mass is 16.5. The third-order valence-corrected chi connectivity index (χ3v) is 4.19. The number of fused-ring (bicyclic) bond motifs is 1. The van der Waals surface area contributed by atoms with Crippen molar-refractivity contribution in [2.75, 3.05) is 11.4 Å². The smallest absolute Gasteiger partial charge is 0.258 e. The zero-order chi connectivity index (χ0) is 16.5. The van der Waals surface area contributed by atoms with E-state index in [4.69, 9.17) is 4.74 Å². The zero-order valence-corrected chi connectivity index (χ0v) is 13.4. The average molecular weight is 318 g/mol. The van der Waals surface area contributed by atoms with Crippen molar-refractivity contribution in [2.24, 2.45) is 0 Å². The summed E-state index contributed by atoms with van der Waals surface area (Å²) < 4.78 is 7.83. The lowest BCUT2D eigenvalue weighted by Crippen LogP contribution is -2.42. The number of hydrogen-bond acceptors (Lipinski definition) is 2. The minimum atomic E-state index is -0.0250. The Morgan fingerprint density at radius 1 is 1.00 bits per heavy atom. The molecule has 1 aliphatic heterocycles. The second kappa shape index (κ2) is 5.89. The van der Waals surface area contributed by atoms with Gasteiger partial charge in [0.15, 0.2) is 0 Å². The van der Waals surface area contributed by atoms with Crippen LogP contribution in [0.5, 0.6) is 5.75 Å². The summed E-state index contributed by atoms with van der Waals surface area (Å²) in [6, 6.07) is 19.3. The van der Waals surface area contributed by atoms with Crippen molar-refractivity contribution in [2.45, 2.75) is 13.0 Å². The Balaban J connectivity index is 1.64. The van der Waals surface area contributed by atoms with Crippen LogP contribution in [0.25, 0.3) is 5.69 Å². The Labute approximate surface area is 140 Å². The molecule has 4 nitrogen and oxygen atoms in total. The van der Waals surface area contributed by atoms with Crippen molar-refractivity contribution < 1.29 is 9.53 Å². The first kappa shape index (κ1) is 14.6. The zero-order valence-electron chi connectivity index (χ0n) is 13.4. The number of anilines is 1. The third-order valence-electron chi connectivity index (χ3n) is 4.19. The molecule has 0 bridgehead atoms. The molecule has 0 saturated heterocycles. The summed E-state index contributed by atoms with van der Waals surface area (Å²) in [4.78, 5) is 14.8. The van der Waals surface area contributed by atoms with Crippen LogP contribution in [0, 0.1) is 0 Å². The standard InChI is InChI=1S/C20H18N2O2/c1-15-14-22(18-6-2-3-7-19(18)24-15)20(23)16-8-10-17(11-9-16)21-12-4-5-13-21/h2-13,15H,14H2,1H3. The molecule has 1 amide bonds. The Morgan fingerprint density at radius 2 is 1.71 bits per heavy atom. The number of para-hydroxylation sites is 2. The molecule has 0 saturated carbocycles. The van der Waals surface area contributed by atoms with Crippen molar-refractivity contribution in [3.8, 4) is 11.4 Å². The third kappa shape index (κ3) is 2.56. The average Bonchev–Trinajstić information content (AvgIpc) is 3.15. The predicted molar refractivity (Wildman–Crippen MR) is 94.0 cm³/mol. The number of carbonyl (C=O) groups is 1. The van der Waals surface area contributed by atoms with Gasteiger partial charge in [0.25, 0.3) is 5.91 Å². The summed E-state index contributed by atoms with van der Waals surface area (Å²) in [5.41, 5.74) is 2.54. The SMILES string of the molecule is CC1CN(C(=O)c2ccc(-n3cccc3)cc2)c2ccccc2O1. The summed E-state index contributed by atoms with van der Waals surface area (Å²) in [6.45, 7) is 2.53.